The molecular weight excluding hydrogens is 391 g/mol. The third kappa shape index (κ3) is 2.70. The third-order valence-corrected chi connectivity index (χ3v) is 3.97. The van der Waals surface area contributed by atoms with Crippen LogP contribution in [0.15, 0.2) is 4.36 Å². The van der Waals surface area contributed by atoms with E-state index < -0.39 is 43.3 Å². The van der Waals surface area contributed by atoms with Crippen molar-refractivity contribution in [3.63, 3.8) is 0 Å². The van der Waals surface area contributed by atoms with Gasteiger partial charge in [-0.25, -0.2) is 0 Å². The first-order chi connectivity index (χ1) is 9.01. The summed E-state index contributed by atoms with van der Waals surface area (Å²) in [5.41, 5.74) is -16.1. The Bertz CT molecular complexity index is 458. The van der Waals surface area contributed by atoms with E-state index in [0.717, 1.165) is 0 Å². The number of nitrogens with zero attached hydrogens (tertiary/aromatic N) is 1. The van der Waals surface area contributed by atoms with Crippen LogP contribution in [0.2, 0.25) is 0 Å². The van der Waals surface area contributed by atoms with Crippen LogP contribution in [-0.2, 0) is 9.73 Å². The highest BCUT2D eigenvalue weighted by atomic mass is 32.3. The molecule has 0 atom stereocenters. The standard InChI is InChI=1S/C5F15NS/c6-1(2(7,8)9,3(10,11)12)21-22(19,20,4(13,14)15)5(16,17)18. The van der Waals surface area contributed by atoms with Gasteiger partial charge in [-0.1, -0.05) is 0 Å². The van der Waals surface area contributed by atoms with Crippen molar-refractivity contribution in [3.8, 4) is 0 Å². The predicted octanol–water partition coefficient (Wildman–Crippen LogP) is 5.46. The fourth-order valence-electron chi connectivity index (χ4n) is 0.720. The summed E-state index contributed by atoms with van der Waals surface area (Å²) < 4.78 is 180. The summed E-state index contributed by atoms with van der Waals surface area (Å²) in [6.07, 6.45) is -15.3. The van der Waals surface area contributed by atoms with Crippen LogP contribution in [0.4, 0.5) is 64.8 Å². The van der Waals surface area contributed by atoms with Gasteiger partial charge in [0.2, 0.25) is 0 Å². The van der Waals surface area contributed by atoms with E-state index in [4.69, 9.17) is 0 Å². The van der Waals surface area contributed by atoms with Crippen LogP contribution in [0.5, 0.6) is 0 Å². The van der Waals surface area contributed by atoms with Gasteiger partial charge in [-0.3, -0.25) is 0 Å². The van der Waals surface area contributed by atoms with Crippen LogP contribution in [0, 0.1) is 0 Å². The summed E-state index contributed by atoms with van der Waals surface area (Å²) in [4.78, 5) is 0. The van der Waals surface area contributed by atoms with Crippen LogP contribution in [0.25, 0.3) is 0 Å². The van der Waals surface area contributed by atoms with Crippen molar-refractivity contribution >= 4 is 9.73 Å². The fraction of sp³-hybridized carbons (Fsp3) is 1.00. The molecule has 1 nitrogen and oxygen atoms in total. The largest absolute Gasteiger partial charge is 0.493 e. The molecule has 0 saturated heterocycles. The highest BCUT2D eigenvalue weighted by Crippen LogP contribution is 2.63. The summed E-state index contributed by atoms with van der Waals surface area (Å²) >= 11 is 0. The number of alkyl halides is 13. The molecule has 0 aromatic heterocycles. The average Bonchev–Trinajstić information content (AvgIpc) is 2.09. The van der Waals surface area contributed by atoms with E-state index in [-0.39, 0.29) is 0 Å². The Morgan fingerprint density at radius 1 is 0.500 bits per heavy atom. The maximum Gasteiger partial charge on any atom is 0.493 e. The number of halogens is 15. The molecule has 0 aliphatic heterocycles. The first kappa shape index (κ1) is 21.1. The minimum atomic E-state index is -10.9. The second kappa shape index (κ2) is 4.56. The number of hydrogen-bond acceptors (Lipinski definition) is 1. The van der Waals surface area contributed by atoms with Gasteiger partial charge in [0.25, 0.3) is 9.73 Å². The van der Waals surface area contributed by atoms with Crippen molar-refractivity contribution in [1.29, 1.82) is 0 Å². The zero-order chi connectivity index (χ0) is 18.7. The van der Waals surface area contributed by atoms with Gasteiger partial charge in [-0.2, -0.15) is 61.4 Å². The molecule has 0 amide bonds. The van der Waals surface area contributed by atoms with Crippen LogP contribution in [0.1, 0.15) is 0 Å². The van der Waals surface area contributed by atoms with Crippen molar-refractivity contribution < 1.29 is 64.8 Å². The Labute approximate surface area is 109 Å². The van der Waals surface area contributed by atoms with Crippen molar-refractivity contribution in [2.45, 2.75) is 29.2 Å². The molecule has 0 saturated carbocycles. The number of hydrogen-bond donors (Lipinski definition) is 0. The van der Waals surface area contributed by atoms with Gasteiger partial charge in [0.05, 0.1) is 0 Å². The van der Waals surface area contributed by atoms with Gasteiger partial charge in [0.1, 0.15) is 0 Å². The quantitative estimate of drug-likeness (QED) is 0.416. The molecule has 0 unspecified atom stereocenters. The third-order valence-electron chi connectivity index (χ3n) is 1.83. The summed E-state index contributed by atoms with van der Waals surface area (Å²) in [6.45, 7) is 0. The zero-order valence-electron chi connectivity index (χ0n) is 9.02. The second-order valence-electron chi connectivity index (χ2n) is 3.39. The Balaban J connectivity index is 7.13. The average molecular weight is 391 g/mol. The highest BCUT2D eigenvalue weighted by Gasteiger charge is 2.83. The van der Waals surface area contributed by atoms with Gasteiger partial charge in [-0.05, 0) is 0 Å². The molecule has 0 heterocycles. The van der Waals surface area contributed by atoms with E-state index in [9.17, 15) is 64.8 Å². The SMILES string of the molecule is FC(F)(F)C(F)(N=S(F)(F)(C(F)(F)F)C(F)(F)F)C(F)(F)F. The minimum absolute atomic E-state index is 0.635. The lowest BCUT2D eigenvalue weighted by Crippen LogP contribution is -2.58. The lowest BCUT2D eigenvalue weighted by atomic mass is 10.2. The van der Waals surface area contributed by atoms with Crippen molar-refractivity contribution in [3.05, 3.63) is 0 Å². The molecule has 22 heavy (non-hydrogen) atoms. The lowest BCUT2D eigenvalue weighted by molar-refractivity contribution is -0.338. The zero-order valence-corrected chi connectivity index (χ0v) is 9.84. The summed E-state index contributed by atoms with van der Waals surface area (Å²) in [5.74, 6) is -7.78. The molecule has 0 rings (SSSR count). The van der Waals surface area contributed by atoms with E-state index in [1.807, 2.05) is 0 Å². The molecule has 136 valence electrons. The maximum atomic E-state index is 12.8. The van der Waals surface area contributed by atoms with E-state index in [2.05, 4.69) is 0 Å². The first-order valence-corrected chi connectivity index (χ1v) is 5.88. The molecule has 0 radical (unpaired) electrons. The summed E-state index contributed by atoms with van der Waals surface area (Å²) in [7, 11) is -10.9. The highest BCUT2D eigenvalue weighted by molar-refractivity contribution is 8.14. The molecule has 0 aromatic rings. The fourth-order valence-corrected chi connectivity index (χ4v) is 1.84. The molecule has 0 N–H and O–H groups in total. The normalized spacial score (nSPS) is 17.9. The minimum Gasteiger partial charge on any atom is -0.196 e. The van der Waals surface area contributed by atoms with Crippen LogP contribution < -0.4 is 0 Å². The van der Waals surface area contributed by atoms with Crippen LogP contribution >= 0.6 is 0 Å². The van der Waals surface area contributed by atoms with Gasteiger partial charge < -0.3 is 0 Å². The molecule has 0 aromatic carbocycles. The Hall–Kier alpha value is -0.900. The van der Waals surface area contributed by atoms with Crippen molar-refractivity contribution in [1.82, 2.24) is 0 Å². The molecule has 0 spiro atoms. The van der Waals surface area contributed by atoms with E-state index in [1.54, 1.807) is 0 Å². The maximum absolute atomic E-state index is 12.8. The Morgan fingerprint density at radius 2 is 0.727 bits per heavy atom. The summed E-state index contributed by atoms with van der Waals surface area (Å²) in [6, 6.07) is 0. The first-order valence-electron chi connectivity index (χ1n) is 4.08. The predicted molar refractivity (Wildman–Crippen MR) is 40.1 cm³/mol. The van der Waals surface area contributed by atoms with Crippen molar-refractivity contribution in [2.24, 2.45) is 4.36 Å². The van der Waals surface area contributed by atoms with Gasteiger partial charge in [-0.15, -0.1) is 7.77 Å². The molecule has 17 heteroatoms. The lowest BCUT2D eigenvalue weighted by Gasteiger charge is -2.37. The molecular formula is C5F15NS. The molecule has 0 aliphatic carbocycles. The second-order valence-corrected chi connectivity index (χ2v) is 6.08. The van der Waals surface area contributed by atoms with Gasteiger partial charge >= 0.3 is 29.2 Å². The van der Waals surface area contributed by atoms with Crippen LogP contribution in [0.3, 0.4) is 0 Å². The summed E-state index contributed by atoms with van der Waals surface area (Å²) in [5, 5.41) is 0. The van der Waals surface area contributed by atoms with Gasteiger partial charge in [0.15, 0.2) is 0 Å². The van der Waals surface area contributed by atoms with E-state index in [0.29, 0.717) is 0 Å². The van der Waals surface area contributed by atoms with Crippen LogP contribution in [-0.4, -0.2) is 29.2 Å². The van der Waals surface area contributed by atoms with E-state index in [1.165, 1.54) is 0 Å². The van der Waals surface area contributed by atoms with Crippen molar-refractivity contribution in [2.75, 3.05) is 0 Å². The Morgan fingerprint density at radius 3 is 0.864 bits per heavy atom. The Kier molecular flexibility index (Phi) is 4.37. The van der Waals surface area contributed by atoms with E-state index >= 15 is 0 Å². The topological polar surface area (TPSA) is 12.4 Å². The molecule has 0 fully saturated rings. The smallest absolute Gasteiger partial charge is 0.196 e. The monoisotopic (exact) mass is 391 g/mol. The molecule has 0 aliphatic rings. The molecule has 0 bridgehead atoms. The number of rotatable bonds is 1. The van der Waals surface area contributed by atoms with Gasteiger partial charge in [0, 0.05) is 0 Å².